The summed E-state index contributed by atoms with van der Waals surface area (Å²) in [6.45, 7) is -0.191. The summed E-state index contributed by atoms with van der Waals surface area (Å²) in [4.78, 5) is 22.8. The lowest BCUT2D eigenvalue weighted by molar-refractivity contribution is -0.120. The smallest absolute Gasteiger partial charge is 0.322 e. The lowest BCUT2D eigenvalue weighted by atomic mass is 10.2. The number of carbonyl (C=O) groups is 2. The van der Waals surface area contributed by atoms with E-state index in [4.69, 9.17) is 10.00 Å². The maximum absolute atomic E-state index is 12.7. The van der Waals surface area contributed by atoms with Crippen LogP contribution < -0.4 is 15.4 Å². The average Bonchev–Trinajstić information content (AvgIpc) is 2.99. The fourth-order valence-corrected chi connectivity index (χ4v) is 3.72. The van der Waals surface area contributed by atoms with Gasteiger partial charge in [0.1, 0.15) is 17.5 Å². The third-order valence-electron chi connectivity index (χ3n) is 4.05. The van der Waals surface area contributed by atoms with Crippen molar-refractivity contribution in [2.24, 2.45) is 0 Å². The first-order valence-corrected chi connectivity index (χ1v) is 9.59. The van der Waals surface area contributed by atoms with Crippen LogP contribution in [0, 0.1) is 11.3 Å². The molecule has 1 aliphatic rings. The number of benzene rings is 2. The monoisotopic (exact) mass is 400 g/mol. The van der Waals surface area contributed by atoms with Crippen molar-refractivity contribution < 1.29 is 22.7 Å². The predicted octanol–water partition coefficient (Wildman–Crippen LogP) is 1.18. The van der Waals surface area contributed by atoms with Crippen LogP contribution in [0.25, 0.3) is 0 Å². The molecule has 0 spiro atoms. The summed E-state index contributed by atoms with van der Waals surface area (Å²) in [5.74, 6) is 0.363. The number of carbonyl (C=O) groups excluding carboxylic acids is 2. The molecule has 3 rings (SSSR count). The quantitative estimate of drug-likeness (QED) is 0.701. The van der Waals surface area contributed by atoms with E-state index in [1.807, 2.05) is 6.07 Å². The van der Waals surface area contributed by atoms with E-state index in [0.717, 1.165) is 4.31 Å². The molecule has 144 valence electrons. The number of hydrogen-bond acceptors (Lipinski definition) is 6. The Kier molecular flexibility index (Phi) is 5.30. The van der Waals surface area contributed by atoms with Crippen LogP contribution in [-0.2, 0) is 14.8 Å². The van der Waals surface area contributed by atoms with E-state index in [0.29, 0.717) is 17.1 Å². The SMILES string of the molecule is CN(CC1NC(=O)NC1=O)S(=O)(=O)c1ccc(Oc2ccc(C#N)cc2)cc1. The standard InChI is InChI=1S/C18H16N4O5S/c1-22(11-16-17(23)21-18(24)20-16)28(25,26)15-8-6-14(7-9-15)27-13-4-2-12(10-19)3-5-13/h2-9,16H,11H2,1H3,(H2,20,21,23,24). The molecule has 1 fully saturated rings. The van der Waals surface area contributed by atoms with E-state index in [1.165, 1.54) is 31.3 Å². The van der Waals surface area contributed by atoms with Crippen LogP contribution in [0.1, 0.15) is 5.56 Å². The molecular formula is C18H16N4O5S. The van der Waals surface area contributed by atoms with Gasteiger partial charge in [0, 0.05) is 13.6 Å². The van der Waals surface area contributed by atoms with Crippen LogP contribution in [0.4, 0.5) is 4.79 Å². The molecule has 1 heterocycles. The van der Waals surface area contributed by atoms with Crippen LogP contribution >= 0.6 is 0 Å². The number of sulfonamides is 1. The molecule has 1 unspecified atom stereocenters. The number of nitrogens with one attached hydrogen (secondary N) is 2. The van der Waals surface area contributed by atoms with Crippen molar-refractivity contribution in [3.05, 3.63) is 54.1 Å². The number of urea groups is 1. The molecule has 9 nitrogen and oxygen atoms in total. The van der Waals surface area contributed by atoms with Crippen molar-refractivity contribution in [1.82, 2.24) is 14.9 Å². The van der Waals surface area contributed by atoms with Crippen molar-refractivity contribution in [3.8, 4) is 17.6 Å². The molecule has 28 heavy (non-hydrogen) atoms. The predicted molar refractivity (Wildman–Crippen MR) is 98.0 cm³/mol. The highest BCUT2D eigenvalue weighted by Gasteiger charge is 2.33. The topological polar surface area (TPSA) is 129 Å². The molecule has 0 aromatic heterocycles. The molecule has 0 saturated carbocycles. The zero-order valence-electron chi connectivity index (χ0n) is 14.7. The van der Waals surface area contributed by atoms with E-state index in [9.17, 15) is 18.0 Å². The summed E-state index contributed by atoms with van der Waals surface area (Å²) < 4.78 is 31.9. The van der Waals surface area contributed by atoms with Gasteiger partial charge in [-0.15, -0.1) is 0 Å². The fraction of sp³-hybridized carbons (Fsp3) is 0.167. The molecule has 2 N–H and O–H groups in total. The number of nitriles is 1. The summed E-state index contributed by atoms with van der Waals surface area (Å²) in [6, 6.07) is 12.7. The van der Waals surface area contributed by atoms with E-state index in [2.05, 4.69) is 10.6 Å². The van der Waals surface area contributed by atoms with Crippen LogP contribution in [0.15, 0.2) is 53.4 Å². The van der Waals surface area contributed by atoms with Gasteiger partial charge in [-0.05, 0) is 48.5 Å². The molecule has 0 radical (unpaired) electrons. The van der Waals surface area contributed by atoms with Crippen molar-refractivity contribution >= 4 is 22.0 Å². The van der Waals surface area contributed by atoms with Gasteiger partial charge in [-0.2, -0.15) is 9.57 Å². The van der Waals surface area contributed by atoms with Crippen molar-refractivity contribution in [1.29, 1.82) is 5.26 Å². The molecule has 0 aliphatic carbocycles. The Balaban J connectivity index is 1.69. The van der Waals surface area contributed by atoms with Gasteiger partial charge in [-0.1, -0.05) is 0 Å². The Bertz CT molecular complexity index is 1040. The minimum atomic E-state index is -3.86. The Morgan fingerprint density at radius 3 is 2.14 bits per heavy atom. The summed E-state index contributed by atoms with van der Waals surface area (Å²) in [6.07, 6.45) is 0. The minimum absolute atomic E-state index is 0.0203. The largest absolute Gasteiger partial charge is 0.457 e. The van der Waals surface area contributed by atoms with Crippen molar-refractivity contribution in [2.45, 2.75) is 10.9 Å². The first-order valence-electron chi connectivity index (χ1n) is 8.15. The third kappa shape index (κ3) is 4.11. The highest BCUT2D eigenvalue weighted by atomic mass is 32.2. The van der Waals surface area contributed by atoms with Crippen molar-refractivity contribution in [3.63, 3.8) is 0 Å². The van der Waals surface area contributed by atoms with Crippen molar-refractivity contribution in [2.75, 3.05) is 13.6 Å². The zero-order valence-corrected chi connectivity index (χ0v) is 15.6. The lowest BCUT2D eigenvalue weighted by Gasteiger charge is -2.19. The number of amides is 3. The van der Waals surface area contributed by atoms with Gasteiger partial charge in [0.25, 0.3) is 5.91 Å². The second-order valence-corrected chi connectivity index (χ2v) is 8.06. The summed E-state index contributed by atoms with van der Waals surface area (Å²) in [5, 5.41) is 13.2. The Morgan fingerprint density at radius 2 is 1.64 bits per heavy atom. The maximum Gasteiger partial charge on any atom is 0.322 e. The fourth-order valence-electron chi connectivity index (χ4n) is 2.54. The van der Waals surface area contributed by atoms with Crippen LogP contribution in [0.5, 0.6) is 11.5 Å². The summed E-state index contributed by atoms with van der Waals surface area (Å²) in [5.41, 5.74) is 0.504. The Morgan fingerprint density at radius 1 is 1.07 bits per heavy atom. The van der Waals surface area contributed by atoms with E-state index in [1.54, 1.807) is 24.3 Å². The number of likely N-dealkylation sites (N-methyl/N-ethyl adjacent to an activating group) is 1. The molecular weight excluding hydrogens is 384 g/mol. The number of nitrogens with zero attached hydrogens (tertiary/aromatic N) is 2. The molecule has 0 bridgehead atoms. The maximum atomic E-state index is 12.7. The van der Waals surface area contributed by atoms with E-state index >= 15 is 0 Å². The normalized spacial score (nSPS) is 16.4. The van der Waals surface area contributed by atoms with Crippen LogP contribution in [0.2, 0.25) is 0 Å². The molecule has 2 aromatic rings. The van der Waals surface area contributed by atoms with Gasteiger partial charge in [-0.3, -0.25) is 10.1 Å². The van der Waals surface area contributed by atoms with Gasteiger partial charge >= 0.3 is 6.03 Å². The molecule has 3 amide bonds. The van der Waals surface area contributed by atoms with Gasteiger partial charge in [0.2, 0.25) is 10.0 Å². The summed E-state index contributed by atoms with van der Waals surface area (Å²) >= 11 is 0. The number of imide groups is 1. The number of rotatable bonds is 6. The molecule has 2 aromatic carbocycles. The van der Waals surface area contributed by atoms with Gasteiger partial charge < -0.3 is 10.1 Å². The lowest BCUT2D eigenvalue weighted by Crippen LogP contribution is -2.42. The van der Waals surface area contributed by atoms with Crippen LogP contribution in [0.3, 0.4) is 0 Å². The average molecular weight is 400 g/mol. The van der Waals surface area contributed by atoms with Gasteiger partial charge in [0.05, 0.1) is 16.5 Å². The first-order chi connectivity index (χ1) is 13.3. The first kappa shape index (κ1) is 19.3. The van der Waals surface area contributed by atoms with Crippen LogP contribution in [-0.4, -0.2) is 44.3 Å². The Hall–Kier alpha value is -3.42. The molecule has 1 aliphatic heterocycles. The molecule has 1 saturated heterocycles. The summed E-state index contributed by atoms with van der Waals surface area (Å²) in [7, 11) is -2.53. The molecule has 10 heteroatoms. The minimum Gasteiger partial charge on any atom is -0.457 e. The van der Waals surface area contributed by atoms with E-state index in [-0.39, 0.29) is 11.4 Å². The Labute approximate surface area is 161 Å². The number of ether oxygens (including phenoxy) is 1. The highest BCUT2D eigenvalue weighted by Crippen LogP contribution is 2.24. The van der Waals surface area contributed by atoms with Gasteiger partial charge in [0.15, 0.2) is 0 Å². The molecule has 1 atom stereocenters. The number of hydrogen-bond donors (Lipinski definition) is 2. The van der Waals surface area contributed by atoms with Gasteiger partial charge in [-0.25, -0.2) is 13.2 Å². The second-order valence-electron chi connectivity index (χ2n) is 6.01. The second kappa shape index (κ2) is 7.67. The zero-order chi connectivity index (χ0) is 20.3. The van der Waals surface area contributed by atoms with E-state index < -0.39 is 28.0 Å². The highest BCUT2D eigenvalue weighted by molar-refractivity contribution is 7.89. The third-order valence-corrected chi connectivity index (χ3v) is 5.89.